The van der Waals surface area contributed by atoms with Crippen LogP contribution in [0, 0.1) is 5.82 Å². The van der Waals surface area contributed by atoms with Gasteiger partial charge >= 0.3 is 0 Å². The van der Waals surface area contributed by atoms with Crippen LogP contribution in [-0.4, -0.2) is 9.78 Å². The highest BCUT2D eigenvalue weighted by Gasteiger charge is 2.18. The molecule has 0 fully saturated rings. The van der Waals surface area contributed by atoms with Gasteiger partial charge in [-0.25, -0.2) is 4.39 Å². The molecule has 1 unspecified atom stereocenters. The van der Waals surface area contributed by atoms with E-state index in [0.717, 1.165) is 28.7 Å². The van der Waals surface area contributed by atoms with Crippen molar-refractivity contribution in [2.45, 2.75) is 25.9 Å². The molecule has 0 radical (unpaired) electrons. The number of nitrogens with two attached hydrogens (primary N) is 1. The SMILES string of the molecule is CCCn1ncc(Br)c1C(N)c1ccc(F)c(Br)c1. The number of hydrogen-bond acceptors (Lipinski definition) is 2. The van der Waals surface area contributed by atoms with Gasteiger partial charge in [-0.2, -0.15) is 5.10 Å². The lowest BCUT2D eigenvalue weighted by Crippen LogP contribution is -2.18. The van der Waals surface area contributed by atoms with Crippen LogP contribution in [0.25, 0.3) is 0 Å². The van der Waals surface area contributed by atoms with Crippen LogP contribution in [0.3, 0.4) is 0 Å². The van der Waals surface area contributed by atoms with E-state index < -0.39 is 0 Å². The third kappa shape index (κ3) is 3.07. The summed E-state index contributed by atoms with van der Waals surface area (Å²) in [5.74, 6) is -0.294. The van der Waals surface area contributed by atoms with E-state index in [1.54, 1.807) is 18.3 Å². The van der Waals surface area contributed by atoms with Crippen molar-refractivity contribution in [1.82, 2.24) is 9.78 Å². The van der Waals surface area contributed by atoms with Crippen molar-refractivity contribution in [3.8, 4) is 0 Å². The largest absolute Gasteiger partial charge is 0.319 e. The maximum Gasteiger partial charge on any atom is 0.137 e. The van der Waals surface area contributed by atoms with Crippen molar-refractivity contribution >= 4 is 31.9 Å². The zero-order valence-corrected chi connectivity index (χ0v) is 13.6. The van der Waals surface area contributed by atoms with Crippen LogP contribution in [0.15, 0.2) is 33.3 Å². The number of benzene rings is 1. The molecular weight excluding hydrogens is 377 g/mol. The molecule has 1 aromatic carbocycles. The molecule has 2 N–H and O–H groups in total. The molecule has 1 aromatic heterocycles. The van der Waals surface area contributed by atoms with E-state index >= 15 is 0 Å². The maximum absolute atomic E-state index is 13.3. The lowest BCUT2D eigenvalue weighted by Gasteiger charge is -2.15. The minimum absolute atomic E-state index is 0.294. The van der Waals surface area contributed by atoms with E-state index in [1.165, 1.54) is 6.07 Å². The highest BCUT2D eigenvalue weighted by atomic mass is 79.9. The second kappa shape index (κ2) is 6.15. The molecule has 102 valence electrons. The molecule has 19 heavy (non-hydrogen) atoms. The highest BCUT2D eigenvalue weighted by Crippen LogP contribution is 2.29. The monoisotopic (exact) mass is 389 g/mol. The molecule has 1 heterocycles. The van der Waals surface area contributed by atoms with Gasteiger partial charge in [-0.3, -0.25) is 4.68 Å². The number of aromatic nitrogens is 2. The molecular formula is C13H14Br2FN3. The van der Waals surface area contributed by atoms with Gasteiger partial charge in [0.1, 0.15) is 5.82 Å². The first kappa shape index (κ1) is 14.7. The molecule has 6 heteroatoms. The third-order valence-corrected chi connectivity index (χ3v) is 4.08. The lowest BCUT2D eigenvalue weighted by molar-refractivity contribution is 0.558. The van der Waals surface area contributed by atoms with Crippen molar-refractivity contribution < 1.29 is 4.39 Å². The number of rotatable bonds is 4. The molecule has 0 spiro atoms. The van der Waals surface area contributed by atoms with E-state index in [4.69, 9.17) is 5.73 Å². The Kier molecular flexibility index (Phi) is 4.76. The van der Waals surface area contributed by atoms with Crippen molar-refractivity contribution in [2.75, 3.05) is 0 Å². The summed E-state index contributed by atoms with van der Waals surface area (Å²) in [6.07, 6.45) is 2.71. The summed E-state index contributed by atoms with van der Waals surface area (Å²) < 4.78 is 16.4. The molecule has 0 saturated carbocycles. The van der Waals surface area contributed by atoms with Gasteiger partial charge in [-0.05, 0) is 56.0 Å². The van der Waals surface area contributed by atoms with Crippen LogP contribution < -0.4 is 5.73 Å². The summed E-state index contributed by atoms with van der Waals surface area (Å²) in [4.78, 5) is 0. The van der Waals surface area contributed by atoms with Gasteiger partial charge in [0.2, 0.25) is 0 Å². The Morgan fingerprint density at radius 2 is 2.11 bits per heavy atom. The van der Waals surface area contributed by atoms with E-state index in [1.807, 2.05) is 4.68 Å². The van der Waals surface area contributed by atoms with E-state index in [2.05, 4.69) is 43.9 Å². The summed E-state index contributed by atoms with van der Waals surface area (Å²) in [5.41, 5.74) is 8.02. The van der Waals surface area contributed by atoms with Gasteiger partial charge in [0.15, 0.2) is 0 Å². The minimum atomic E-state index is -0.347. The van der Waals surface area contributed by atoms with Gasteiger partial charge in [0.25, 0.3) is 0 Å². The predicted molar refractivity (Wildman–Crippen MR) is 80.3 cm³/mol. The van der Waals surface area contributed by atoms with Crippen LogP contribution in [0.4, 0.5) is 4.39 Å². The third-order valence-electron chi connectivity index (χ3n) is 2.87. The van der Waals surface area contributed by atoms with Crippen molar-refractivity contribution in [1.29, 1.82) is 0 Å². The zero-order chi connectivity index (χ0) is 14.0. The van der Waals surface area contributed by atoms with Crippen LogP contribution in [0.1, 0.15) is 30.6 Å². The van der Waals surface area contributed by atoms with Crippen molar-refractivity contribution in [3.63, 3.8) is 0 Å². The fourth-order valence-electron chi connectivity index (χ4n) is 1.93. The number of halogens is 3. The van der Waals surface area contributed by atoms with Crippen LogP contribution >= 0.6 is 31.9 Å². The van der Waals surface area contributed by atoms with E-state index in [9.17, 15) is 4.39 Å². The average molecular weight is 391 g/mol. The topological polar surface area (TPSA) is 43.8 Å². The molecule has 0 aliphatic heterocycles. The summed E-state index contributed by atoms with van der Waals surface area (Å²) in [6, 6.07) is 4.46. The van der Waals surface area contributed by atoms with Crippen LogP contribution in [-0.2, 0) is 6.54 Å². The molecule has 0 bridgehead atoms. The minimum Gasteiger partial charge on any atom is -0.319 e. The Morgan fingerprint density at radius 3 is 2.74 bits per heavy atom. The molecule has 2 rings (SSSR count). The number of nitrogens with zero attached hydrogens (tertiary/aromatic N) is 2. The fraction of sp³-hybridized carbons (Fsp3) is 0.308. The van der Waals surface area contributed by atoms with Gasteiger partial charge < -0.3 is 5.73 Å². The summed E-state index contributed by atoms with van der Waals surface area (Å²) >= 11 is 6.65. The van der Waals surface area contributed by atoms with Gasteiger partial charge in [0, 0.05) is 6.54 Å². The number of hydrogen-bond donors (Lipinski definition) is 1. The first-order valence-electron chi connectivity index (χ1n) is 5.96. The Bertz CT molecular complexity index is 583. The Hall–Kier alpha value is -0.720. The fourth-order valence-corrected chi connectivity index (χ4v) is 2.87. The van der Waals surface area contributed by atoms with E-state index in [0.29, 0.717) is 4.47 Å². The average Bonchev–Trinajstić information content (AvgIpc) is 2.74. The summed E-state index contributed by atoms with van der Waals surface area (Å²) in [5, 5.41) is 4.30. The smallest absolute Gasteiger partial charge is 0.137 e. The first-order valence-corrected chi connectivity index (χ1v) is 7.55. The van der Waals surface area contributed by atoms with Gasteiger partial charge in [0.05, 0.1) is 26.9 Å². The van der Waals surface area contributed by atoms with Crippen LogP contribution in [0.5, 0.6) is 0 Å². The number of aryl methyl sites for hydroxylation is 1. The molecule has 0 saturated heterocycles. The van der Waals surface area contributed by atoms with Crippen molar-refractivity contribution in [3.05, 3.63) is 50.4 Å². The Balaban J connectivity index is 2.40. The summed E-state index contributed by atoms with van der Waals surface area (Å²) in [7, 11) is 0. The first-order chi connectivity index (χ1) is 9.04. The second-order valence-electron chi connectivity index (χ2n) is 4.25. The van der Waals surface area contributed by atoms with E-state index in [-0.39, 0.29) is 11.9 Å². The lowest BCUT2D eigenvalue weighted by atomic mass is 10.0. The second-order valence-corrected chi connectivity index (χ2v) is 5.96. The standard InChI is InChI=1S/C13H14Br2FN3/c1-2-5-19-13(10(15)7-18-19)12(17)8-3-4-11(16)9(14)6-8/h3-4,6-7,12H,2,5,17H2,1H3. The van der Waals surface area contributed by atoms with Crippen molar-refractivity contribution in [2.24, 2.45) is 5.73 Å². The zero-order valence-electron chi connectivity index (χ0n) is 10.4. The highest BCUT2D eigenvalue weighted by molar-refractivity contribution is 9.10. The maximum atomic E-state index is 13.3. The Morgan fingerprint density at radius 1 is 1.37 bits per heavy atom. The van der Waals surface area contributed by atoms with Crippen LogP contribution in [0.2, 0.25) is 0 Å². The molecule has 0 aliphatic rings. The molecule has 2 aromatic rings. The summed E-state index contributed by atoms with van der Waals surface area (Å²) in [6.45, 7) is 2.89. The quantitative estimate of drug-likeness (QED) is 0.857. The van der Waals surface area contributed by atoms with Gasteiger partial charge in [-0.15, -0.1) is 0 Å². The predicted octanol–water partition coefficient (Wildman–Crippen LogP) is 4.01. The Labute approximate surface area is 128 Å². The molecule has 0 amide bonds. The van der Waals surface area contributed by atoms with Gasteiger partial charge in [-0.1, -0.05) is 13.0 Å². The molecule has 1 atom stereocenters. The molecule has 0 aliphatic carbocycles. The molecule has 3 nitrogen and oxygen atoms in total. The normalized spacial score (nSPS) is 12.7.